The number of aliphatic imine (C=N–C) groups is 2. The second kappa shape index (κ2) is 14.4. The van der Waals surface area contributed by atoms with Gasteiger partial charge in [-0.1, -0.05) is 35.3 Å². The number of hydrogen-bond donors (Lipinski definition) is 4. The molecule has 0 aliphatic rings. The van der Waals surface area contributed by atoms with E-state index in [9.17, 15) is 19.5 Å². The van der Waals surface area contributed by atoms with Crippen LogP contribution in [0.4, 0.5) is 26.7 Å². The molecule has 2 heterocycles. The number of nitrogens with zero attached hydrogens (tertiary/aromatic N) is 4. The summed E-state index contributed by atoms with van der Waals surface area (Å²) >= 11 is 12.9. The summed E-state index contributed by atoms with van der Waals surface area (Å²) < 4.78 is 5.31. The first-order chi connectivity index (χ1) is 21.4. The lowest BCUT2D eigenvalue weighted by atomic mass is 10.1. The summed E-state index contributed by atoms with van der Waals surface area (Å²) in [5.41, 5.74) is 1.24. The van der Waals surface area contributed by atoms with Crippen LogP contribution in [0.1, 0.15) is 42.5 Å². The van der Waals surface area contributed by atoms with Gasteiger partial charge in [0.1, 0.15) is 17.0 Å². The van der Waals surface area contributed by atoms with Gasteiger partial charge in [-0.15, -0.1) is 0 Å². The molecule has 4 N–H and O–H groups in total. The Labute approximate surface area is 268 Å². The molecule has 12 nitrogen and oxygen atoms in total. The van der Waals surface area contributed by atoms with E-state index in [-0.39, 0.29) is 33.0 Å². The maximum absolute atomic E-state index is 13.0. The second-order valence-corrected chi connectivity index (χ2v) is 11.0. The van der Waals surface area contributed by atoms with Gasteiger partial charge in [-0.25, -0.2) is 9.59 Å². The first-order valence-electron chi connectivity index (χ1n) is 13.3. The Morgan fingerprint density at radius 3 is 1.80 bits per heavy atom. The van der Waals surface area contributed by atoms with Crippen LogP contribution in [0.15, 0.2) is 95.2 Å². The minimum Gasteiger partial charge on any atom is -0.463 e. The predicted octanol–water partition coefficient (Wildman–Crippen LogP) is 7.37. The molecule has 0 radical (unpaired) electrons. The molecule has 0 saturated carbocycles. The average Bonchev–Trinajstić information content (AvgIpc) is 2.98. The lowest BCUT2D eigenvalue weighted by Gasteiger charge is -2.18. The number of amidine groups is 2. The number of amides is 3. The number of carboxylic acid groups (broad SMARTS) is 1. The molecule has 0 fully saturated rings. The highest BCUT2D eigenvalue weighted by atomic mass is 35.5. The number of aromatic nitrogens is 2. The van der Waals surface area contributed by atoms with Gasteiger partial charge in [0.15, 0.2) is 11.7 Å². The fourth-order valence-electron chi connectivity index (χ4n) is 3.69. The molecule has 0 unspecified atom stereocenters. The van der Waals surface area contributed by atoms with E-state index in [1.54, 1.807) is 75.5 Å². The highest BCUT2D eigenvalue weighted by Crippen LogP contribution is 2.28. The number of carbonyl (C=O) groups is 3. The number of carbonyl (C=O) groups excluding carboxylic acids is 2. The minimum atomic E-state index is -1.42. The number of rotatable bonds is 6. The van der Waals surface area contributed by atoms with E-state index in [0.717, 1.165) is 0 Å². The van der Waals surface area contributed by atoms with Crippen molar-refractivity contribution in [2.24, 2.45) is 9.98 Å². The molecule has 4 rings (SSSR count). The topological polar surface area (TPSA) is 167 Å². The van der Waals surface area contributed by atoms with Gasteiger partial charge in [0.25, 0.3) is 5.91 Å². The number of halogens is 2. The number of nitrogens with one attached hydrogen (secondary N) is 3. The summed E-state index contributed by atoms with van der Waals surface area (Å²) in [4.78, 5) is 52.6. The van der Waals surface area contributed by atoms with Crippen molar-refractivity contribution < 1.29 is 24.2 Å². The average molecular weight is 649 g/mol. The van der Waals surface area contributed by atoms with Crippen molar-refractivity contribution in [3.63, 3.8) is 0 Å². The van der Waals surface area contributed by atoms with Crippen LogP contribution in [0.2, 0.25) is 10.0 Å². The van der Waals surface area contributed by atoms with E-state index in [4.69, 9.17) is 27.9 Å². The molecule has 2 aromatic carbocycles. The summed E-state index contributed by atoms with van der Waals surface area (Å²) in [7, 11) is 0. The lowest BCUT2D eigenvalue weighted by molar-refractivity contribution is 0.0604. The molecule has 45 heavy (non-hydrogen) atoms. The third-order valence-electron chi connectivity index (χ3n) is 5.58. The standard InChI is InChI=1S/C31H27Cl2N7O5/c1-31(2,3)45-30(44)40-27(25-9-5-7-15-35-25)38-23-13-11-19(17-21(23)33)36-28(41)18-10-12-22(20(32)16-18)37-26(39-29(42)43)24-8-4-6-14-34-24/h4-17H,1-3H3,(H,36,41)(H,37,39)(H,42,43)(H,38,40,44). The van der Waals surface area contributed by atoms with Gasteiger partial charge >= 0.3 is 12.2 Å². The Balaban J connectivity index is 1.49. The van der Waals surface area contributed by atoms with Crippen molar-refractivity contribution in [3.05, 3.63) is 112 Å². The third kappa shape index (κ3) is 9.58. The minimum absolute atomic E-state index is 0.0344. The Bertz CT molecular complexity index is 1780. The number of hydrogen-bond acceptors (Lipinski definition) is 6. The quantitative estimate of drug-likeness (QED) is 0.123. The first kappa shape index (κ1) is 32.6. The van der Waals surface area contributed by atoms with E-state index in [0.29, 0.717) is 22.8 Å². The fraction of sp³-hybridized carbons (Fsp3) is 0.129. The normalized spacial score (nSPS) is 11.8. The van der Waals surface area contributed by atoms with E-state index in [2.05, 4.69) is 35.9 Å². The van der Waals surface area contributed by atoms with Gasteiger partial charge in [0.2, 0.25) is 0 Å². The zero-order valence-corrected chi connectivity index (χ0v) is 25.7. The molecular formula is C31H27Cl2N7O5. The van der Waals surface area contributed by atoms with Gasteiger partial charge in [-0.3, -0.25) is 14.8 Å². The van der Waals surface area contributed by atoms with E-state index in [1.807, 2.05) is 0 Å². The fourth-order valence-corrected chi connectivity index (χ4v) is 4.14. The van der Waals surface area contributed by atoms with Gasteiger partial charge < -0.3 is 25.8 Å². The molecule has 0 saturated heterocycles. The van der Waals surface area contributed by atoms with Gasteiger partial charge in [0.05, 0.1) is 21.4 Å². The number of ether oxygens (including phenoxy) is 1. The molecule has 14 heteroatoms. The third-order valence-corrected chi connectivity index (χ3v) is 6.21. The van der Waals surface area contributed by atoms with Crippen LogP contribution in [0.25, 0.3) is 0 Å². The van der Waals surface area contributed by atoms with Crippen LogP contribution >= 0.6 is 23.2 Å². The van der Waals surface area contributed by atoms with Crippen molar-refractivity contribution in [1.82, 2.24) is 9.97 Å². The Kier molecular flexibility index (Phi) is 10.4. The van der Waals surface area contributed by atoms with Gasteiger partial charge in [-0.2, -0.15) is 9.98 Å². The molecule has 0 bridgehead atoms. The number of anilines is 3. The van der Waals surface area contributed by atoms with Crippen LogP contribution in [0.5, 0.6) is 0 Å². The highest BCUT2D eigenvalue weighted by molar-refractivity contribution is 6.35. The Morgan fingerprint density at radius 1 is 0.756 bits per heavy atom. The number of benzene rings is 2. The van der Waals surface area contributed by atoms with Crippen LogP contribution in [0, 0.1) is 0 Å². The van der Waals surface area contributed by atoms with Crippen LogP contribution < -0.4 is 16.0 Å². The lowest BCUT2D eigenvalue weighted by Crippen LogP contribution is -2.24. The molecule has 0 spiro atoms. The zero-order valence-electron chi connectivity index (χ0n) is 24.2. The van der Waals surface area contributed by atoms with Gasteiger partial charge in [-0.05, 0) is 81.4 Å². The molecule has 2 aromatic heterocycles. The predicted molar refractivity (Wildman–Crippen MR) is 174 cm³/mol. The molecule has 0 atom stereocenters. The van der Waals surface area contributed by atoms with E-state index >= 15 is 0 Å². The first-order valence-corrected chi connectivity index (χ1v) is 14.0. The summed E-state index contributed by atoms with van der Waals surface area (Å²) in [5, 5.41) is 18.1. The van der Waals surface area contributed by atoms with Crippen molar-refractivity contribution in [1.29, 1.82) is 0 Å². The van der Waals surface area contributed by atoms with Gasteiger partial charge in [0, 0.05) is 23.6 Å². The van der Waals surface area contributed by atoms with Crippen molar-refractivity contribution in [3.8, 4) is 0 Å². The largest absolute Gasteiger partial charge is 0.463 e. The SMILES string of the molecule is CC(C)(C)OC(=O)N=C(Nc1ccc(NC(=O)c2ccc(NC(=NC(=O)O)c3ccccn3)c(Cl)c2)cc1Cl)c1ccccn1. The van der Waals surface area contributed by atoms with Crippen molar-refractivity contribution in [2.75, 3.05) is 16.0 Å². The maximum atomic E-state index is 13.0. The van der Waals surface area contributed by atoms with Crippen LogP contribution in [-0.2, 0) is 4.74 Å². The molecule has 3 amide bonds. The van der Waals surface area contributed by atoms with Crippen LogP contribution in [0.3, 0.4) is 0 Å². The summed E-state index contributed by atoms with van der Waals surface area (Å²) in [6.07, 6.45) is 0.825. The van der Waals surface area contributed by atoms with Crippen molar-refractivity contribution in [2.45, 2.75) is 26.4 Å². The summed E-state index contributed by atoms with van der Waals surface area (Å²) in [6.45, 7) is 5.19. The van der Waals surface area contributed by atoms with Crippen molar-refractivity contribution >= 4 is 70.0 Å². The zero-order chi connectivity index (χ0) is 32.6. The molecule has 0 aliphatic heterocycles. The molecule has 230 valence electrons. The number of pyridine rings is 2. The van der Waals surface area contributed by atoms with E-state index in [1.165, 1.54) is 30.5 Å². The monoisotopic (exact) mass is 647 g/mol. The second-order valence-electron chi connectivity index (χ2n) is 10.2. The highest BCUT2D eigenvalue weighted by Gasteiger charge is 2.19. The van der Waals surface area contributed by atoms with E-state index < -0.39 is 23.7 Å². The molecular weight excluding hydrogens is 621 g/mol. The molecule has 4 aromatic rings. The summed E-state index contributed by atoms with van der Waals surface area (Å²) in [6, 6.07) is 19.3. The molecule has 0 aliphatic carbocycles. The Hall–Kier alpha value is -5.33. The summed E-state index contributed by atoms with van der Waals surface area (Å²) in [5.74, 6) is -0.399. The maximum Gasteiger partial charge on any atom is 0.436 e. The smallest absolute Gasteiger partial charge is 0.436 e. The Morgan fingerprint density at radius 2 is 1.31 bits per heavy atom. The van der Waals surface area contributed by atoms with Crippen LogP contribution in [-0.4, -0.2) is 50.4 Å².